The number of esters is 1. The summed E-state index contributed by atoms with van der Waals surface area (Å²) < 4.78 is 5.45. The SMILES string of the molecule is C=C(C)C(=O)Nc1cccc(NC(=O)c2ccc3c(c2)C(c2ccc(C)c(C)c2)C(=O)O3)c1. The molecule has 3 aromatic carbocycles. The molecule has 0 saturated carbocycles. The van der Waals surface area contributed by atoms with Crippen molar-refractivity contribution in [1.82, 2.24) is 0 Å². The van der Waals surface area contributed by atoms with Gasteiger partial charge in [-0.2, -0.15) is 0 Å². The Hall–Kier alpha value is -4.19. The van der Waals surface area contributed by atoms with E-state index in [9.17, 15) is 14.4 Å². The lowest BCUT2D eigenvalue weighted by atomic mass is 9.89. The second-order valence-electron chi connectivity index (χ2n) is 8.22. The Bertz CT molecular complexity index is 1310. The van der Waals surface area contributed by atoms with Crippen LogP contribution in [0.5, 0.6) is 5.75 Å². The summed E-state index contributed by atoms with van der Waals surface area (Å²) in [4.78, 5) is 37.4. The fourth-order valence-electron chi connectivity index (χ4n) is 3.68. The van der Waals surface area contributed by atoms with Crippen LogP contribution < -0.4 is 15.4 Å². The molecule has 1 heterocycles. The lowest BCUT2D eigenvalue weighted by molar-refractivity contribution is -0.133. The van der Waals surface area contributed by atoms with Crippen molar-refractivity contribution in [3.05, 3.63) is 101 Å². The topological polar surface area (TPSA) is 84.5 Å². The van der Waals surface area contributed by atoms with Crippen LogP contribution in [0.15, 0.2) is 72.8 Å². The average molecular weight is 440 g/mol. The predicted octanol–water partition coefficient (Wildman–Crippen LogP) is 5.12. The Kier molecular flexibility index (Phi) is 5.84. The second-order valence-corrected chi connectivity index (χ2v) is 8.22. The molecule has 3 aromatic rings. The zero-order valence-electron chi connectivity index (χ0n) is 18.7. The molecule has 4 rings (SSSR count). The van der Waals surface area contributed by atoms with Crippen molar-refractivity contribution in [3.63, 3.8) is 0 Å². The molecule has 0 fully saturated rings. The third kappa shape index (κ3) is 4.55. The van der Waals surface area contributed by atoms with Crippen molar-refractivity contribution in [3.8, 4) is 5.75 Å². The number of nitrogens with one attached hydrogen (secondary N) is 2. The minimum absolute atomic E-state index is 0.292. The van der Waals surface area contributed by atoms with Gasteiger partial charge in [-0.25, -0.2) is 0 Å². The van der Waals surface area contributed by atoms with Gasteiger partial charge < -0.3 is 15.4 Å². The van der Waals surface area contributed by atoms with E-state index in [0.29, 0.717) is 33.8 Å². The highest BCUT2D eigenvalue weighted by Crippen LogP contribution is 2.40. The lowest BCUT2D eigenvalue weighted by Gasteiger charge is -2.12. The van der Waals surface area contributed by atoms with Crippen molar-refractivity contribution >= 4 is 29.2 Å². The van der Waals surface area contributed by atoms with Crippen LogP contribution in [0, 0.1) is 13.8 Å². The zero-order valence-corrected chi connectivity index (χ0v) is 18.7. The quantitative estimate of drug-likeness (QED) is 0.328. The van der Waals surface area contributed by atoms with Crippen LogP contribution in [-0.4, -0.2) is 17.8 Å². The molecule has 0 radical (unpaired) electrons. The Balaban J connectivity index is 1.58. The van der Waals surface area contributed by atoms with Crippen LogP contribution in [0.2, 0.25) is 0 Å². The average Bonchev–Trinajstić information content (AvgIpc) is 3.10. The number of hydrogen-bond donors (Lipinski definition) is 2. The molecule has 166 valence electrons. The number of carbonyl (C=O) groups excluding carboxylic acids is 3. The van der Waals surface area contributed by atoms with Gasteiger partial charge in [0, 0.05) is 28.1 Å². The normalized spacial score (nSPS) is 14.3. The van der Waals surface area contributed by atoms with Crippen molar-refractivity contribution < 1.29 is 19.1 Å². The van der Waals surface area contributed by atoms with E-state index in [1.165, 1.54) is 0 Å². The molecule has 0 spiro atoms. The van der Waals surface area contributed by atoms with Gasteiger partial charge in [-0.3, -0.25) is 14.4 Å². The lowest BCUT2D eigenvalue weighted by Crippen LogP contribution is -2.14. The van der Waals surface area contributed by atoms with Gasteiger partial charge in [0.2, 0.25) is 0 Å². The number of anilines is 2. The third-order valence-corrected chi connectivity index (χ3v) is 5.66. The van der Waals surface area contributed by atoms with Gasteiger partial charge in [-0.15, -0.1) is 0 Å². The summed E-state index contributed by atoms with van der Waals surface area (Å²) in [6, 6.07) is 17.7. The third-order valence-electron chi connectivity index (χ3n) is 5.66. The minimum atomic E-state index is -0.576. The van der Waals surface area contributed by atoms with Gasteiger partial charge in [-0.05, 0) is 73.9 Å². The summed E-state index contributed by atoms with van der Waals surface area (Å²) in [6.07, 6.45) is 0. The van der Waals surface area contributed by atoms with E-state index in [1.54, 1.807) is 49.4 Å². The molecule has 2 N–H and O–H groups in total. The number of benzene rings is 3. The van der Waals surface area contributed by atoms with Gasteiger partial charge in [0.05, 0.1) is 0 Å². The van der Waals surface area contributed by atoms with Crippen molar-refractivity contribution in [1.29, 1.82) is 0 Å². The van der Waals surface area contributed by atoms with E-state index in [-0.39, 0.29) is 17.8 Å². The van der Waals surface area contributed by atoms with E-state index >= 15 is 0 Å². The van der Waals surface area contributed by atoms with Crippen LogP contribution in [0.3, 0.4) is 0 Å². The second kappa shape index (κ2) is 8.74. The van der Waals surface area contributed by atoms with E-state index in [0.717, 1.165) is 16.7 Å². The molecule has 1 aliphatic heterocycles. The van der Waals surface area contributed by atoms with E-state index in [1.807, 2.05) is 32.0 Å². The molecule has 1 aliphatic rings. The van der Waals surface area contributed by atoms with Crippen LogP contribution in [-0.2, 0) is 9.59 Å². The number of fused-ring (bicyclic) bond motifs is 1. The highest BCUT2D eigenvalue weighted by Gasteiger charge is 2.35. The molecule has 0 bridgehead atoms. The Morgan fingerprint density at radius 1 is 0.909 bits per heavy atom. The predicted molar refractivity (Wildman–Crippen MR) is 128 cm³/mol. The molecule has 33 heavy (non-hydrogen) atoms. The maximum absolute atomic E-state index is 12.9. The van der Waals surface area contributed by atoms with Gasteiger partial charge in [-0.1, -0.05) is 30.8 Å². The highest BCUT2D eigenvalue weighted by atomic mass is 16.5. The van der Waals surface area contributed by atoms with Crippen LogP contribution in [0.1, 0.15) is 45.5 Å². The van der Waals surface area contributed by atoms with Crippen molar-refractivity contribution in [2.24, 2.45) is 0 Å². The van der Waals surface area contributed by atoms with E-state index in [2.05, 4.69) is 17.2 Å². The maximum Gasteiger partial charge on any atom is 0.323 e. The van der Waals surface area contributed by atoms with Crippen LogP contribution >= 0.6 is 0 Å². The summed E-state index contributed by atoms with van der Waals surface area (Å²) in [6.45, 7) is 9.25. The number of hydrogen-bond acceptors (Lipinski definition) is 4. The fraction of sp³-hybridized carbons (Fsp3) is 0.148. The van der Waals surface area contributed by atoms with E-state index < -0.39 is 5.92 Å². The zero-order chi connectivity index (χ0) is 23.7. The molecule has 6 nitrogen and oxygen atoms in total. The molecule has 6 heteroatoms. The first-order valence-corrected chi connectivity index (χ1v) is 10.5. The summed E-state index contributed by atoms with van der Waals surface area (Å²) in [5.41, 5.74) is 5.58. The molecule has 0 aromatic heterocycles. The number of amides is 2. The van der Waals surface area contributed by atoms with Gasteiger partial charge >= 0.3 is 5.97 Å². The molecular formula is C27H24N2O4. The molecular weight excluding hydrogens is 416 g/mol. The van der Waals surface area contributed by atoms with Crippen LogP contribution in [0.25, 0.3) is 0 Å². The summed E-state index contributed by atoms with van der Waals surface area (Å²) in [5, 5.41) is 5.56. The van der Waals surface area contributed by atoms with Crippen LogP contribution in [0.4, 0.5) is 11.4 Å². The fourth-order valence-corrected chi connectivity index (χ4v) is 3.68. The number of rotatable bonds is 5. The Morgan fingerprint density at radius 2 is 1.64 bits per heavy atom. The first-order valence-electron chi connectivity index (χ1n) is 10.5. The van der Waals surface area contributed by atoms with Crippen molar-refractivity contribution in [2.45, 2.75) is 26.7 Å². The summed E-state index contributed by atoms with van der Waals surface area (Å²) >= 11 is 0. The summed E-state index contributed by atoms with van der Waals surface area (Å²) in [7, 11) is 0. The molecule has 0 saturated heterocycles. The first-order chi connectivity index (χ1) is 15.7. The molecule has 1 unspecified atom stereocenters. The van der Waals surface area contributed by atoms with Gasteiger partial charge in [0.15, 0.2) is 0 Å². The van der Waals surface area contributed by atoms with Gasteiger partial charge in [0.25, 0.3) is 11.8 Å². The molecule has 2 amide bonds. The minimum Gasteiger partial charge on any atom is -0.425 e. The smallest absolute Gasteiger partial charge is 0.323 e. The number of carbonyl (C=O) groups is 3. The molecule has 0 aliphatic carbocycles. The Labute approximate surface area is 192 Å². The highest BCUT2D eigenvalue weighted by molar-refractivity contribution is 6.06. The number of ether oxygens (including phenoxy) is 1. The number of aryl methyl sites for hydroxylation is 2. The van der Waals surface area contributed by atoms with E-state index in [4.69, 9.17) is 4.74 Å². The van der Waals surface area contributed by atoms with Crippen molar-refractivity contribution in [2.75, 3.05) is 10.6 Å². The Morgan fingerprint density at radius 3 is 2.33 bits per heavy atom. The largest absolute Gasteiger partial charge is 0.425 e. The monoisotopic (exact) mass is 440 g/mol. The van der Waals surface area contributed by atoms with Gasteiger partial charge in [0.1, 0.15) is 11.7 Å². The standard InChI is InChI=1S/C27H24N2O4/c1-15(2)25(30)28-20-6-5-7-21(14-20)29-26(31)19-10-11-23-22(13-19)24(27(32)33-23)18-9-8-16(3)17(4)12-18/h5-14,24H,1H2,2-4H3,(H,28,30)(H,29,31). The summed E-state index contributed by atoms with van der Waals surface area (Å²) in [5.74, 6) is -1.10. The molecule has 1 atom stereocenters. The first kappa shape index (κ1) is 22.0. The maximum atomic E-state index is 12.9.